The maximum absolute atomic E-state index is 6.56. The van der Waals surface area contributed by atoms with Gasteiger partial charge in [-0.3, -0.25) is 0 Å². The van der Waals surface area contributed by atoms with Gasteiger partial charge in [0.2, 0.25) is 0 Å². The van der Waals surface area contributed by atoms with E-state index in [-0.39, 0.29) is 0 Å². The molecule has 0 bridgehead atoms. The highest BCUT2D eigenvalue weighted by Crippen LogP contribution is 2.44. The van der Waals surface area contributed by atoms with Crippen LogP contribution >= 0.6 is 11.4 Å². The van der Waals surface area contributed by atoms with E-state index in [1.807, 2.05) is 6.07 Å². The Balaban J connectivity index is 1.11. The number of hydrogen-bond donors (Lipinski definition) is 2. The third-order valence-corrected chi connectivity index (χ3v) is 18.6. The van der Waals surface area contributed by atoms with Gasteiger partial charge >= 0.3 is 0 Å². The molecule has 0 saturated carbocycles. The molecule has 0 amide bonds. The maximum atomic E-state index is 6.56. The van der Waals surface area contributed by atoms with Gasteiger partial charge in [-0.25, -0.2) is 0 Å². The lowest BCUT2D eigenvalue weighted by molar-refractivity contribution is 0.669. The Kier molecular flexibility index (Phi) is 8.77. The third kappa shape index (κ3) is 5.92. The zero-order valence-electron chi connectivity index (χ0n) is 33.7. The first-order valence-electron chi connectivity index (χ1n) is 21.1. The van der Waals surface area contributed by atoms with Crippen molar-refractivity contribution in [3.05, 3.63) is 236 Å². The lowest BCUT2D eigenvalue weighted by atomic mass is 10.00. The summed E-state index contributed by atoms with van der Waals surface area (Å²) in [6.45, 7) is 0. The highest BCUT2D eigenvalue weighted by atomic mass is 32.1. The SMILES string of the molecule is c1ccc(C2=[SH]c3c(ccc4ccc5ccc(N(c6cccc([Si](c7ccccc7)(c7ccccc7)c7ccccc7)c6)c6ccc7c(c6)oc6ccccc67)cc5c34)N2)cc1. The molecule has 1 aliphatic rings. The van der Waals surface area contributed by atoms with Gasteiger partial charge in [0, 0.05) is 49.7 Å². The Morgan fingerprint density at radius 1 is 0.403 bits per heavy atom. The lowest BCUT2D eigenvalue weighted by Crippen LogP contribution is -2.74. The van der Waals surface area contributed by atoms with E-state index in [1.54, 1.807) is 0 Å². The number of hydrogen-bond acceptors (Lipinski definition) is 3. The molecular formula is C57H40N2OSSi. The Morgan fingerprint density at radius 3 is 1.68 bits per heavy atom. The van der Waals surface area contributed by atoms with Gasteiger partial charge in [0.1, 0.15) is 11.2 Å². The second-order valence-corrected chi connectivity index (χ2v) is 20.9. The molecule has 0 atom stereocenters. The number of rotatable bonds is 8. The molecule has 0 fully saturated rings. The molecule has 0 aliphatic carbocycles. The third-order valence-electron chi connectivity index (χ3n) is 12.5. The van der Waals surface area contributed by atoms with Crippen molar-refractivity contribution in [1.29, 1.82) is 0 Å². The minimum Gasteiger partial charge on any atom is -0.456 e. The fourth-order valence-electron chi connectivity index (χ4n) is 9.71. The molecule has 2 heterocycles. The summed E-state index contributed by atoms with van der Waals surface area (Å²) in [6.07, 6.45) is 0. The van der Waals surface area contributed by atoms with Crippen molar-refractivity contribution in [3.63, 3.8) is 0 Å². The maximum Gasteiger partial charge on any atom is 0.179 e. The van der Waals surface area contributed by atoms with Crippen molar-refractivity contribution in [2.24, 2.45) is 0 Å². The van der Waals surface area contributed by atoms with Crippen LogP contribution in [0.1, 0.15) is 5.56 Å². The molecule has 12 rings (SSSR count). The molecule has 3 nitrogen and oxygen atoms in total. The number of thiol groups is 1. The summed E-state index contributed by atoms with van der Waals surface area (Å²) in [5.41, 5.74) is 7.34. The predicted octanol–water partition coefficient (Wildman–Crippen LogP) is 12.2. The molecule has 0 radical (unpaired) electrons. The van der Waals surface area contributed by atoms with Crippen LogP contribution in [0, 0.1) is 0 Å². The fourth-order valence-corrected chi connectivity index (χ4v) is 15.8. The smallest absolute Gasteiger partial charge is 0.179 e. The van der Waals surface area contributed by atoms with Crippen LogP contribution in [0.2, 0.25) is 0 Å². The minimum absolute atomic E-state index is 0.865. The second-order valence-electron chi connectivity index (χ2n) is 16.0. The fraction of sp³-hybridized carbons (Fsp3) is 0. The minimum atomic E-state index is -2.83. The summed E-state index contributed by atoms with van der Waals surface area (Å²) in [7, 11) is -2.83. The molecule has 0 unspecified atom stereocenters. The van der Waals surface area contributed by atoms with Gasteiger partial charge in [-0.15, -0.1) is 11.4 Å². The number of anilines is 4. The van der Waals surface area contributed by atoms with Crippen LogP contribution < -0.4 is 31.0 Å². The Morgan fingerprint density at radius 2 is 0.952 bits per heavy atom. The van der Waals surface area contributed by atoms with Crippen molar-refractivity contribution in [2.45, 2.75) is 4.90 Å². The van der Waals surface area contributed by atoms with Crippen LogP contribution in [-0.4, -0.2) is 13.1 Å². The predicted molar refractivity (Wildman–Crippen MR) is 268 cm³/mol. The molecule has 5 heteroatoms. The Hall–Kier alpha value is -7.44. The summed E-state index contributed by atoms with van der Waals surface area (Å²) in [6, 6.07) is 84.5. The van der Waals surface area contributed by atoms with Crippen molar-refractivity contribution in [1.82, 2.24) is 0 Å². The van der Waals surface area contributed by atoms with E-state index in [2.05, 4.69) is 235 Å². The molecular weight excluding hydrogens is 789 g/mol. The van der Waals surface area contributed by atoms with E-state index in [4.69, 9.17) is 4.42 Å². The molecule has 1 N–H and O–H groups in total. The summed E-state index contributed by atoms with van der Waals surface area (Å²) < 4.78 is 6.56. The largest absolute Gasteiger partial charge is 0.456 e. The number of nitrogens with zero attached hydrogens (tertiary/aromatic N) is 1. The van der Waals surface area contributed by atoms with Crippen LogP contribution in [0.3, 0.4) is 0 Å². The van der Waals surface area contributed by atoms with Crippen LogP contribution in [0.5, 0.6) is 0 Å². The molecule has 294 valence electrons. The van der Waals surface area contributed by atoms with E-state index in [1.165, 1.54) is 74.8 Å². The van der Waals surface area contributed by atoms with Gasteiger partial charge in [-0.2, -0.15) is 0 Å². The summed E-state index contributed by atoms with van der Waals surface area (Å²) >= 11 is 1.17. The van der Waals surface area contributed by atoms with Crippen LogP contribution in [0.15, 0.2) is 240 Å². The van der Waals surface area contributed by atoms with Gasteiger partial charge in [-0.05, 0) is 85.4 Å². The van der Waals surface area contributed by atoms with Crippen molar-refractivity contribution >= 4 is 111 Å². The highest BCUT2D eigenvalue weighted by molar-refractivity contribution is 8.00. The summed E-state index contributed by atoms with van der Waals surface area (Å²) in [5.74, 6) is 0. The highest BCUT2D eigenvalue weighted by Gasteiger charge is 2.41. The van der Waals surface area contributed by atoms with Gasteiger partial charge in [-0.1, -0.05) is 176 Å². The summed E-state index contributed by atoms with van der Waals surface area (Å²) in [5, 5.41) is 16.3. The van der Waals surface area contributed by atoms with Gasteiger partial charge < -0.3 is 14.6 Å². The van der Waals surface area contributed by atoms with E-state index < -0.39 is 8.07 Å². The first-order chi connectivity index (χ1) is 30.7. The zero-order valence-corrected chi connectivity index (χ0v) is 35.6. The first-order valence-corrected chi connectivity index (χ1v) is 24.0. The van der Waals surface area contributed by atoms with E-state index in [0.717, 1.165) is 39.0 Å². The van der Waals surface area contributed by atoms with Crippen molar-refractivity contribution in [2.75, 3.05) is 10.2 Å². The molecule has 0 saturated heterocycles. The zero-order chi connectivity index (χ0) is 41.0. The molecule has 1 aromatic heterocycles. The van der Waals surface area contributed by atoms with Crippen molar-refractivity contribution in [3.8, 4) is 0 Å². The van der Waals surface area contributed by atoms with Crippen molar-refractivity contribution < 1.29 is 4.42 Å². The normalized spacial score (nSPS) is 12.5. The van der Waals surface area contributed by atoms with E-state index >= 15 is 0 Å². The standard InChI is InChI=1S/C57H40N2OSSi/c1-5-16-41(17-6-1)57-58-52-35-31-40-29-28-39-30-32-43(37-51(39)55(40)56(52)61-57)59(44-33-34-50-49-26-13-14-27-53(49)60-54(50)38-44)42-18-15-25-48(36-42)62(45-19-7-2-8-20-45,46-21-9-3-10-22-46)47-23-11-4-12-24-47/h1-38,58,61H. The number of para-hydroxylation sites is 1. The molecule has 10 aromatic carbocycles. The molecule has 11 aromatic rings. The molecule has 0 spiro atoms. The Labute approximate surface area is 365 Å². The number of furan rings is 1. The molecule has 1 aliphatic heterocycles. The van der Waals surface area contributed by atoms with Crippen LogP contribution in [-0.2, 0) is 0 Å². The quantitative estimate of drug-likeness (QED) is 0.0525. The van der Waals surface area contributed by atoms with Gasteiger partial charge in [0.25, 0.3) is 0 Å². The first kappa shape index (κ1) is 36.4. The number of benzene rings is 10. The lowest BCUT2D eigenvalue weighted by Gasteiger charge is -2.35. The average Bonchev–Trinajstić information content (AvgIpc) is 3.95. The topological polar surface area (TPSA) is 28.4 Å². The van der Waals surface area contributed by atoms with Gasteiger partial charge in [0.05, 0.1) is 10.7 Å². The van der Waals surface area contributed by atoms with Crippen LogP contribution in [0.25, 0.3) is 43.5 Å². The number of nitrogens with one attached hydrogen (secondary N) is 1. The van der Waals surface area contributed by atoms with Crippen LogP contribution in [0.4, 0.5) is 22.7 Å². The monoisotopic (exact) mass is 828 g/mol. The van der Waals surface area contributed by atoms with E-state index in [9.17, 15) is 0 Å². The average molecular weight is 829 g/mol. The van der Waals surface area contributed by atoms with Gasteiger partial charge in [0.15, 0.2) is 8.07 Å². The number of fused-ring (bicyclic) bond motifs is 8. The Bertz CT molecular complexity index is 3400. The second kappa shape index (κ2) is 14.9. The summed E-state index contributed by atoms with van der Waals surface area (Å²) in [4.78, 5) is 4.95. The van der Waals surface area contributed by atoms with E-state index in [0.29, 0.717) is 0 Å². The molecule has 62 heavy (non-hydrogen) atoms.